The monoisotopic (exact) mass is 357 g/mol. The van der Waals surface area contributed by atoms with Crippen molar-refractivity contribution in [2.45, 2.75) is 33.1 Å². The van der Waals surface area contributed by atoms with Crippen LogP contribution in [0.25, 0.3) is 0 Å². The van der Waals surface area contributed by atoms with E-state index in [1.807, 2.05) is 38.1 Å². The molecule has 0 spiro atoms. The van der Waals surface area contributed by atoms with Gasteiger partial charge in [0, 0.05) is 0 Å². The predicted molar refractivity (Wildman–Crippen MR) is 103 cm³/mol. The van der Waals surface area contributed by atoms with E-state index in [4.69, 9.17) is 19.9 Å². The molecule has 0 aromatic heterocycles. The summed E-state index contributed by atoms with van der Waals surface area (Å²) in [6, 6.07) is 12.9. The van der Waals surface area contributed by atoms with Gasteiger partial charge in [0.1, 0.15) is 11.5 Å². The molecular formula is C21H27NO4. The van der Waals surface area contributed by atoms with Crippen LogP contribution in [0.2, 0.25) is 0 Å². The first-order chi connectivity index (χ1) is 12.6. The average molecular weight is 357 g/mol. The lowest BCUT2D eigenvalue weighted by Crippen LogP contribution is -2.08. The molecule has 0 saturated carbocycles. The molecule has 5 nitrogen and oxygen atoms in total. The van der Waals surface area contributed by atoms with E-state index in [1.54, 1.807) is 18.2 Å². The van der Waals surface area contributed by atoms with Crippen LogP contribution in [0, 0.1) is 6.92 Å². The third-order valence-corrected chi connectivity index (χ3v) is 3.83. The number of carbonyl (C=O) groups is 1. The number of anilines is 1. The number of hydrogen-bond acceptors (Lipinski definition) is 5. The van der Waals surface area contributed by atoms with Gasteiger partial charge in [-0.2, -0.15) is 0 Å². The van der Waals surface area contributed by atoms with Gasteiger partial charge in [-0.3, -0.25) is 0 Å². The quantitative estimate of drug-likeness (QED) is 0.388. The molecule has 2 aromatic carbocycles. The lowest BCUT2D eigenvalue weighted by atomic mass is 10.2. The molecule has 0 atom stereocenters. The van der Waals surface area contributed by atoms with Gasteiger partial charge in [0.05, 0.1) is 31.1 Å². The number of rotatable bonds is 10. The molecule has 2 rings (SSSR count). The molecule has 0 bridgehead atoms. The molecule has 5 heteroatoms. The summed E-state index contributed by atoms with van der Waals surface area (Å²) in [6.45, 7) is 5.52. The van der Waals surface area contributed by atoms with E-state index in [2.05, 4.69) is 0 Å². The average Bonchev–Trinajstić information content (AvgIpc) is 2.65. The van der Waals surface area contributed by atoms with Crippen molar-refractivity contribution in [3.8, 4) is 11.5 Å². The van der Waals surface area contributed by atoms with Crippen LogP contribution in [-0.2, 0) is 4.74 Å². The molecule has 2 N–H and O–H groups in total. The molecule has 26 heavy (non-hydrogen) atoms. The maximum atomic E-state index is 11.9. The zero-order valence-electron chi connectivity index (χ0n) is 15.5. The van der Waals surface area contributed by atoms with Crippen molar-refractivity contribution in [1.29, 1.82) is 0 Å². The molecule has 0 fully saturated rings. The molecule has 140 valence electrons. The zero-order chi connectivity index (χ0) is 18.8. The molecule has 0 unspecified atom stereocenters. The van der Waals surface area contributed by atoms with Crippen molar-refractivity contribution in [3.05, 3.63) is 53.6 Å². The van der Waals surface area contributed by atoms with E-state index in [1.165, 1.54) is 0 Å². The number of hydrogen-bond donors (Lipinski definition) is 1. The van der Waals surface area contributed by atoms with Gasteiger partial charge in [-0.25, -0.2) is 4.79 Å². The van der Waals surface area contributed by atoms with Crippen LogP contribution in [0.1, 0.15) is 42.1 Å². The minimum absolute atomic E-state index is 0.358. The van der Waals surface area contributed by atoms with Gasteiger partial charge >= 0.3 is 5.97 Å². The standard InChI is InChI=1S/C21H27NO4/c1-3-12-26-21(23)17-10-11-18(22)20(15-17)25-14-7-6-13-24-19-9-5-4-8-16(19)2/h4-5,8-11,15H,3,6-7,12-14,22H2,1-2H3. The van der Waals surface area contributed by atoms with Crippen LogP contribution in [0.15, 0.2) is 42.5 Å². The number of unbranched alkanes of at least 4 members (excludes halogenated alkanes) is 1. The number of benzene rings is 2. The first-order valence-corrected chi connectivity index (χ1v) is 8.99. The van der Waals surface area contributed by atoms with Crippen LogP contribution in [-0.4, -0.2) is 25.8 Å². The fourth-order valence-corrected chi connectivity index (χ4v) is 2.35. The first-order valence-electron chi connectivity index (χ1n) is 8.99. The maximum Gasteiger partial charge on any atom is 0.338 e. The second-order valence-electron chi connectivity index (χ2n) is 6.06. The van der Waals surface area contributed by atoms with Gasteiger partial charge in [0.15, 0.2) is 0 Å². The number of ether oxygens (including phenoxy) is 3. The molecule has 0 saturated heterocycles. The Labute approximate surface area is 155 Å². The van der Waals surface area contributed by atoms with E-state index in [0.29, 0.717) is 36.8 Å². The van der Waals surface area contributed by atoms with Gasteiger partial charge in [-0.1, -0.05) is 25.1 Å². The molecule has 0 radical (unpaired) electrons. The summed E-state index contributed by atoms with van der Waals surface area (Å²) in [4.78, 5) is 11.9. The topological polar surface area (TPSA) is 70.8 Å². The van der Waals surface area contributed by atoms with E-state index in [-0.39, 0.29) is 5.97 Å². The molecular weight excluding hydrogens is 330 g/mol. The first kappa shape index (κ1) is 19.6. The molecule has 0 amide bonds. The largest absolute Gasteiger partial charge is 0.493 e. The van der Waals surface area contributed by atoms with Crippen molar-refractivity contribution in [1.82, 2.24) is 0 Å². The van der Waals surface area contributed by atoms with Gasteiger partial charge in [0.25, 0.3) is 0 Å². The van der Waals surface area contributed by atoms with Crippen molar-refractivity contribution < 1.29 is 19.0 Å². The van der Waals surface area contributed by atoms with Crippen molar-refractivity contribution >= 4 is 11.7 Å². The summed E-state index contributed by atoms with van der Waals surface area (Å²) in [5.74, 6) is 1.06. The predicted octanol–water partition coefficient (Wildman–Crippen LogP) is 4.38. The Morgan fingerprint density at radius 3 is 2.35 bits per heavy atom. The molecule has 0 heterocycles. The number of nitrogen functional groups attached to an aromatic ring is 1. The fourth-order valence-electron chi connectivity index (χ4n) is 2.35. The van der Waals surface area contributed by atoms with Crippen LogP contribution in [0.4, 0.5) is 5.69 Å². The lowest BCUT2D eigenvalue weighted by molar-refractivity contribution is 0.0504. The summed E-state index contributed by atoms with van der Waals surface area (Å²) in [6.07, 6.45) is 2.48. The number of carbonyl (C=O) groups excluding carboxylic acids is 1. The van der Waals surface area contributed by atoms with Crippen LogP contribution < -0.4 is 15.2 Å². The van der Waals surface area contributed by atoms with E-state index in [0.717, 1.165) is 30.6 Å². The number of nitrogens with two attached hydrogens (primary N) is 1. The highest BCUT2D eigenvalue weighted by atomic mass is 16.5. The Morgan fingerprint density at radius 1 is 0.962 bits per heavy atom. The summed E-state index contributed by atoms with van der Waals surface area (Å²) in [7, 11) is 0. The Bertz CT molecular complexity index is 715. The molecule has 2 aromatic rings. The molecule has 0 aliphatic heterocycles. The highest BCUT2D eigenvalue weighted by Gasteiger charge is 2.10. The Balaban J connectivity index is 1.75. The van der Waals surface area contributed by atoms with Crippen LogP contribution in [0.5, 0.6) is 11.5 Å². The second-order valence-corrected chi connectivity index (χ2v) is 6.06. The fraction of sp³-hybridized carbons (Fsp3) is 0.381. The summed E-state index contributed by atoms with van der Waals surface area (Å²) >= 11 is 0. The van der Waals surface area contributed by atoms with E-state index in [9.17, 15) is 4.79 Å². The highest BCUT2D eigenvalue weighted by Crippen LogP contribution is 2.23. The maximum absolute atomic E-state index is 11.9. The van der Waals surface area contributed by atoms with Crippen LogP contribution >= 0.6 is 0 Å². The Morgan fingerprint density at radius 2 is 1.65 bits per heavy atom. The van der Waals surface area contributed by atoms with Crippen molar-refractivity contribution in [2.75, 3.05) is 25.6 Å². The zero-order valence-corrected chi connectivity index (χ0v) is 15.5. The van der Waals surface area contributed by atoms with Crippen molar-refractivity contribution in [3.63, 3.8) is 0 Å². The lowest BCUT2D eigenvalue weighted by Gasteiger charge is -2.11. The minimum atomic E-state index is -0.358. The summed E-state index contributed by atoms with van der Waals surface area (Å²) in [5, 5.41) is 0. The number of para-hydroxylation sites is 1. The summed E-state index contributed by atoms with van der Waals surface area (Å²) < 4.78 is 16.6. The van der Waals surface area contributed by atoms with E-state index >= 15 is 0 Å². The smallest absolute Gasteiger partial charge is 0.338 e. The normalized spacial score (nSPS) is 10.4. The minimum Gasteiger partial charge on any atom is -0.493 e. The van der Waals surface area contributed by atoms with Gasteiger partial charge in [-0.05, 0) is 56.0 Å². The third kappa shape index (κ3) is 5.99. The molecule has 0 aliphatic rings. The highest BCUT2D eigenvalue weighted by molar-refractivity contribution is 5.90. The van der Waals surface area contributed by atoms with Gasteiger partial charge < -0.3 is 19.9 Å². The summed E-state index contributed by atoms with van der Waals surface area (Å²) in [5.41, 5.74) is 8.01. The van der Waals surface area contributed by atoms with Crippen LogP contribution in [0.3, 0.4) is 0 Å². The number of esters is 1. The Kier molecular flexibility index (Phi) is 7.80. The van der Waals surface area contributed by atoms with E-state index < -0.39 is 0 Å². The molecule has 0 aliphatic carbocycles. The third-order valence-electron chi connectivity index (χ3n) is 3.83. The Hall–Kier alpha value is -2.69. The second kappa shape index (κ2) is 10.3. The number of aryl methyl sites for hydroxylation is 1. The SMILES string of the molecule is CCCOC(=O)c1ccc(N)c(OCCCCOc2ccccc2C)c1. The van der Waals surface area contributed by atoms with Crippen molar-refractivity contribution in [2.24, 2.45) is 0 Å². The van der Waals surface area contributed by atoms with Gasteiger partial charge in [0.2, 0.25) is 0 Å². The van der Waals surface area contributed by atoms with Gasteiger partial charge in [-0.15, -0.1) is 0 Å².